The van der Waals surface area contributed by atoms with E-state index in [0.29, 0.717) is 25.7 Å². The SMILES string of the molecule is CCCCCCCCCCCCCCCCCC(=O)O[C@H](COC(=O)CCCCCCCCC)COP(=O)(O)OC[C@H](O)COP(=O)(O)OC[C@@H](COC(=O)CCCCCCCCCCCCCCCCC(C)C)OC(=O)CCCCCCCCCCCCCCCCCCCCC(C)C. The number of rotatable bonds is 80. The van der Waals surface area contributed by atoms with Gasteiger partial charge in [-0.05, 0) is 37.5 Å². The van der Waals surface area contributed by atoms with Crippen LogP contribution in [0.4, 0.5) is 0 Å². The molecule has 0 radical (unpaired) electrons. The maximum absolute atomic E-state index is 13.1. The molecule has 0 amide bonds. The fourth-order valence-electron chi connectivity index (χ4n) is 12.5. The molecule has 0 saturated heterocycles. The maximum Gasteiger partial charge on any atom is 0.472 e. The molecule has 0 fully saturated rings. The van der Waals surface area contributed by atoms with Gasteiger partial charge < -0.3 is 33.8 Å². The van der Waals surface area contributed by atoms with E-state index in [0.717, 1.165) is 115 Å². The van der Waals surface area contributed by atoms with Gasteiger partial charge in [0.25, 0.3) is 0 Å². The molecule has 594 valence electrons. The predicted molar refractivity (Wildman–Crippen MR) is 409 cm³/mol. The van der Waals surface area contributed by atoms with E-state index in [2.05, 4.69) is 41.5 Å². The van der Waals surface area contributed by atoms with Crippen molar-refractivity contribution in [3.8, 4) is 0 Å². The van der Waals surface area contributed by atoms with Crippen LogP contribution in [0.5, 0.6) is 0 Å². The summed E-state index contributed by atoms with van der Waals surface area (Å²) < 4.78 is 68.6. The lowest BCUT2D eigenvalue weighted by molar-refractivity contribution is -0.161. The number of hydrogen-bond acceptors (Lipinski definition) is 15. The van der Waals surface area contributed by atoms with Crippen LogP contribution in [-0.2, 0) is 65.4 Å². The summed E-state index contributed by atoms with van der Waals surface area (Å²) in [6, 6.07) is 0. The molecular formula is C81H158O17P2. The van der Waals surface area contributed by atoms with Crippen molar-refractivity contribution >= 4 is 39.5 Å². The van der Waals surface area contributed by atoms with Gasteiger partial charge in [0, 0.05) is 25.7 Å². The Balaban J connectivity index is 5.17. The number of unbranched alkanes of at least 4 members (excludes halogenated alkanes) is 50. The number of carbonyl (C=O) groups excluding carboxylic acids is 4. The summed E-state index contributed by atoms with van der Waals surface area (Å²) in [6.45, 7) is 9.66. The first-order valence-electron chi connectivity index (χ1n) is 42.0. The highest BCUT2D eigenvalue weighted by Crippen LogP contribution is 2.45. The average molecular weight is 1470 g/mol. The summed E-state index contributed by atoms with van der Waals surface area (Å²) in [5.74, 6) is -0.493. The van der Waals surface area contributed by atoms with Crippen molar-refractivity contribution in [2.24, 2.45) is 11.8 Å². The zero-order chi connectivity index (χ0) is 73.5. The van der Waals surface area contributed by atoms with Gasteiger partial charge in [0.15, 0.2) is 12.2 Å². The second kappa shape index (κ2) is 72.6. The highest BCUT2D eigenvalue weighted by molar-refractivity contribution is 7.47. The molecular weight excluding hydrogens is 1310 g/mol. The zero-order valence-corrected chi connectivity index (χ0v) is 67.3. The van der Waals surface area contributed by atoms with Crippen molar-refractivity contribution in [1.29, 1.82) is 0 Å². The van der Waals surface area contributed by atoms with Crippen LogP contribution in [0.25, 0.3) is 0 Å². The van der Waals surface area contributed by atoms with Crippen molar-refractivity contribution in [2.45, 2.75) is 445 Å². The highest BCUT2D eigenvalue weighted by Gasteiger charge is 2.30. The van der Waals surface area contributed by atoms with Gasteiger partial charge in [-0.3, -0.25) is 37.3 Å². The van der Waals surface area contributed by atoms with Crippen LogP contribution in [0, 0.1) is 11.8 Å². The van der Waals surface area contributed by atoms with Gasteiger partial charge in [0.1, 0.15) is 19.3 Å². The third-order valence-electron chi connectivity index (χ3n) is 19.0. The summed E-state index contributed by atoms with van der Waals surface area (Å²) in [7, 11) is -9.91. The van der Waals surface area contributed by atoms with Crippen molar-refractivity contribution in [1.82, 2.24) is 0 Å². The summed E-state index contributed by atoms with van der Waals surface area (Å²) in [6.07, 6.45) is 62.6. The molecule has 5 atom stereocenters. The Morgan fingerprint density at radius 3 is 0.680 bits per heavy atom. The fraction of sp³-hybridized carbons (Fsp3) is 0.951. The Labute approximate surface area is 613 Å². The van der Waals surface area contributed by atoms with Gasteiger partial charge in [0.05, 0.1) is 26.4 Å². The topological polar surface area (TPSA) is 237 Å². The Kier molecular flexibility index (Phi) is 71.2. The van der Waals surface area contributed by atoms with Crippen molar-refractivity contribution in [2.75, 3.05) is 39.6 Å². The lowest BCUT2D eigenvalue weighted by Gasteiger charge is -2.21. The van der Waals surface area contributed by atoms with E-state index in [9.17, 15) is 43.2 Å². The van der Waals surface area contributed by atoms with E-state index in [1.54, 1.807) is 0 Å². The monoisotopic (exact) mass is 1470 g/mol. The van der Waals surface area contributed by atoms with Gasteiger partial charge in [-0.15, -0.1) is 0 Å². The van der Waals surface area contributed by atoms with E-state index in [-0.39, 0.29) is 25.7 Å². The number of aliphatic hydroxyl groups is 1. The first-order valence-corrected chi connectivity index (χ1v) is 45.0. The summed E-state index contributed by atoms with van der Waals surface area (Å²) >= 11 is 0. The second-order valence-electron chi connectivity index (χ2n) is 30.1. The average Bonchev–Trinajstić information content (AvgIpc) is 0.959. The van der Waals surface area contributed by atoms with Crippen LogP contribution in [0.2, 0.25) is 0 Å². The normalized spacial score (nSPS) is 13.9. The number of aliphatic hydroxyl groups excluding tert-OH is 1. The lowest BCUT2D eigenvalue weighted by Crippen LogP contribution is -2.30. The molecule has 0 aliphatic rings. The molecule has 0 aliphatic carbocycles. The molecule has 0 bridgehead atoms. The number of esters is 4. The molecule has 17 nitrogen and oxygen atoms in total. The Bertz CT molecular complexity index is 1920. The third kappa shape index (κ3) is 74.3. The van der Waals surface area contributed by atoms with Gasteiger partial charge in [0.2, 0.25) is 0 Å². The number of hydrogen-bond donors (Lipinski definition) is 3. The van der Waals surface area contributed by atoms with E-state index < -0.39 is 97.5 Å². The lowest BCUT2D eigenvalue weighted by atomic mass is 10.0. The van der Waals surface area contributed by atoms with Crippen LogP contribution in [0.3, 0.4) is 0 Å². The Morgan fingerprint density at radius 2 is 0.460 bits per heavy atom. The molecule has 0 heterocycles. The van der Waals surface area contributed by atoms with E-state index >= 15 is 0 Å². The Morgan fingerprint density at radius 1 is 0.270 bits per heavy atom. The van der Waals surface area contributed by atoms with E-state index in [1.807, 2.05) is 0 Å². The molecule has 0 aromatic carbocycles. The molecule has 0 rings (SSSR count). The predicted octanol–water partition coefficient (Wildman–Crippen LogP) is 24.3. The maximum atomic E-state index is 13.1. The second-order valence-corrected chi connectivity index (χ2v) is 33.0. The highest BCUT2D eigenvalue weighted by atomic mass is 31.2. The van der Waals surface area contributed by atoms with Gasteiger partial charge in [-0.1, -0.05) is 375 Å². The summed E-state index contributed by atoms with van der Waals surface area (Å²) in [5.41, 5.74) is 0. The van der Waals surface area contributed by atoms with E-state index in [4.69, 9.17) is 37.0 Å². The minimum absolute atomic E-state index is 0.108. The smallest absolute Gasteiger partial charge is 0.462 e. The number of phosphoric acid groups is 2. The number of ether oxygens (including phenoxy) is 4. The Hall–Kier alpha value is -1.94. The first-order chi connectivity index (χ1) is 48.4. The molecule has 100 heavy (non-hydrogen) atoms. The molecule has 0 aromatic rings. The zero-order valence-electron chi connectivity index (χ0n) is 65.5. The van der Waals surface area contributed by atoms with Gasteiger partial charge in [-0.2, -0.15) is 0 Å². The molecule has 0 saturated carbocycles. The van der Waals surface area contributed by atoms with Crippen LogP contribution in [-0.4, -0.2) is 96.7 Å². The minimum atomic E-state index is -4.96. The number of carbonyl (C=O) groups is 4. The van der Waals surface area contributed by atoms with Crippen LogP contribution in [0.15, 0.2) is 0 Å². The largest absolute Gasteiger partial charge is 0.472 e. The van der Waals surface area contributed by atoms with Crippen LogP contribution in [0.1, 0.15) is 427 Å². The minimum Gasteiger partial charge on any atom is -0.462 e. The quantitative estimate of drug-likeness (QED) is 0.0222. The van der Waals surface area contributed by atoms with Gasteiger partial charge in [-0.25, -0.2) is 9.13 Å². The van der Waals surface area contributed by atoms with Gasteiger partial charge >= 0.3 is 39.5 Å². The molecule has 0 spiro atoms. The van der Waals surface area contributed by atoms with Crippen LogP contribution >= 0.6 is 15.6 Å². The first kappa shape index (κ1) is 98.1. The molecule has 3 N–H and O–H groups in total. The molecule has 2 unspecified atom stereocenters. The standard InChI is InChI=1S/C81H158O17P2/c1-7-9-11-13-15-16-17-18-23-31-36-41-47-53-59-65-80(85)97-76(69-91-78(83)63-57-51-43-14-12-10-8-2)71-95-99(87,88)93-67-75(82)68-94-100(89,90)96-72-77(70-92-79(84)64-58-52-46-40-35-30-27-26-29-34-39-45-50-56-62-74(5)6)98-81(86)66-60-54-48-42-37-32-25-22-20-19-21-24-28-33-38-44-49-55-61-73(3)4/h73-77,82H,7-72H2,1-6H3,(H,87,88)(H,89,90)/t75-,76+,77+/m0/s1. The number of phosphoric ester groups is 2. The third-order valence-corrected chi connectivity index (χ3v) is 20.9. The van der Waals surface area contributed by atoms with E-state index in [1.165, 1.54) is 231 Å². The molecule has 0 aliphatic heterocycles. The molecule has 0 aromatic heterocycles. The van der Waals surface area contributed by atoms with Crippen molar-refractivity contribution in [3.05, 3.63) is 0 Å². The molecule has 19 heteroatoms. The van der Waals surface area contributed by atoms with Crippen molar-refractivity contribution < 1.29 is 80.2 Å². The summed E-state index contributed by atoms with van der Waals surface area (Å²) in [5, 5.41) is 10.6. The van der Waals surface area contributed by atoms with Crippen LogP contribution < -0.4 is 0 Å². The summed E-state index contributed by atoms with van der Waals surface area (Å²) in [4.78, 5) is 72.9. The fourth-order valence-corrected chi connectivity index (χ4v) is 14.1. The van der Waals surface area contributed by atoms with Crippen molar-refractivity contribution in [3.63, 3.8) is 0 Å².